The molecule has 2 atom stereocenters. The van der Waals surface area contributed by atoms with Crippen molar-refractivity contribution in [3.05, 3.63) is 29.8 Å². The molecule has 2 fully saturated rings. The molecule has 3 rings (SSSR count). The molecule has 2 aliphatic carbocycles. The summed E-state index contributed by atoms with van der Waals surface area (Å²) in [6.07, 6.45) is -1.04. The number of halogens is 3. The SMILES string of the molecule is O=C1CCCC1[C@@H](O)C1(c2ccc(OC(F)(F)F)cc2)CCC1. The Balaban J connectivity index is 1.81. The Labute approximate surface area is 132 Å². The van der Waals surface area contributed by atoms with Gasteiger partial charge in [0.1, 0.15) is 11.5 Å². The van der Waals surface area contributed by atoms with E-state index in [1.165, 1.54) is 12.1 Å². The number of carbonyl (C=O) groups is 1. The van der Waals surface area contributed by atoms with Crippen LogP contribution in [-0.4, -0.2) is 23.4 Å². The third-order valence-corrected chi connectivity index (χ3v) is 5.21. The van der Waals surface area contributed by atoms with Crippen molar-refractivity contribution in [2.24, 2.45) is 5.92 Å². The third kappa shape index (κ3) is 3.09. The molecule has 1 unspecified atom stereocenters. The molecule has 3 nitrogen and oxygen atoms in total. The minimum atomic E-state index is -4.72. The summed E-state index contributed by atoms with van der Waals surface area (Å²) in [6, 6.07) is 5.68. The Kier molecular flexibility index (Phi) is 4.12. The number of rotatable bonds is 4. The van der Waals surface area contributed by atoms with Crippen molar-refractivity contribution in [1.82, 2.24) is 0 Å². The Hall–Kier alpha value is -1.56. The zero-order valence-electron chi connectivity index (χ0n) is 12.6. The van der Waals surface area contributed by atoms with Gasteiger partial charge in [-0.05, 0) is 43.4 Å². The quantitative estimate of drug-likeness (QED) is 0.916. The van der Waals surface area contributed by atoms with Crippen LogP contribution in [0.25, 0.3) is 0 Å². The van der Waals surface area contributed by atoms with Gasteiger partial charge in [-0.25, -0.2) is 0 Å². The van der Waals surface area contributed by atoms with E-state index in [-0.39, 0.29) is 17.5 Å². The molecule has 0 amide bonds. The molecule has 0 aromatic heterocycles. The lowest BCUT2D eigenvalue weighted by molar-refractivity contribution is -0.274. The van der Waals surface area contributed by atoms with Crippen LogP contribution in [-0.2, 0) is 10.2 Å². The van der Waals surface area contributed by atoms with Gasteiger partial charge in [0.15, 0.2) is 0 Å². The maximum absolute atomic E-state index is 12.2. The molecule has 0 saturated heterocycles. The lowest BCUT2D eigenvalue weighted by atomic mass is 9.58. The van der Waals surface area contributed by atoms with Gasteiger partial charge in [-0.3, -0.25) is 4.79 Å². The number of aliphatic hydroxyl groups is 1. The molecule has 0 radical (unpaired) electrons. The second kappa shape index (κ2) is 5.82. The number of carbonyl (C=O) groups excluding carboxylic acids is 1. The van der Waals surface area contributed by atoms with Crippen molar-refractivity contribution in [3.8, 4) is 5.75 Å². The van der Waals surface area contributed by atoms with Crippen molar-refractivity contribution in [3.63, 3.8) is 0 Å². The molecule has 1 aromatic rings. The maximum atomic E-state index is 12.2. The predicted molar refractivity (Wildman–Crippen MR) is 77.0 cm³/mol. The topological polar surface area (TPSA) is 46.5 Å². The van der Waals surface area contributed by atoms with Crippen molar-refractivity contribution >= 4 is 5.78 Å². The molecular weight excluding hydrogens is 309 g/mol. The lowest BCUT2D eigenvalue weighted by Crippen LogP contribution is -2.50. The third-order valence-electron chi connectivity index (χ3n) is 5.21. The summed E-state index contributed by atoms with van der Waals surface area (Å²) >= 11 is 0. The average molecular weight is 328 g/mol. The van der Waals surface area contributed by atoms with Crippen LogP contribution in [0.4, 0.5) is 13.2 Å². The Morgan fingerprint density at radius 1 is 1.17 bits per heavy atom. The predicted octanol–water partition coefficient (Wildman–Crippen LogP) is 3.74. The molecule has 0 aliphatic heterocycles. The fourth-order valence-electron chi connectivity index (χ4n) is 3.86. The van der Waals surface area contributed by atoms with E-state index in [1.807, 2.05) is 0 Å². The van der Waals surface area contributed by atoms with Crippen LogP contribution in [0.3, 0.4) is 0 Å². The number of ether oxygens (including phenoxy) is 1. The van der Waals surface area contributed by atoms with Crippen molar-refractivity contribution < 1.29 is 27.8 Å². The minimum Gasteiger partial charge on any atom is -0.406 e. The first-order valence-electron chi connectivity index (χ1n) is 7.89. The molecule has 0 heterocycles. The summed E-state index contributed by atoms with van der Waals surface area (Å²) < 4.78 is 40.6. The van der Waals surface area contributed by atoms with E-state index in [0.29, 0.717) is 12.8 Å². The van der Waals surface area contributed by atoms with Gasteiger partial charge >= 0.3 is 6.36 Å². The summed E-state index contributed by atoms with van der Waals surface area (Å²) in [5, 5.41) is 10.8. The molecule has 23 heavy (non-hydrogen) atoms. The highest BCUT2D eigenvalue weighted by Crippen LogP contribution is 2.50. The van der Waals surface area contributed by atoms with Gasteiger partial charge in [0.2, 0.25) is 0 Å². The van der Waals surface area contributed by atoms with Crippen molar-refractivity contribution in [1.29, 1.82) is 0 Å². The second-order valence-electron chi connectivity index (χ2n) is 6.49. The monoisotopic (exact) mass is 328 g/mol. The van der Waals surface area contributed by atoms with Crippen LogP contribution >= 0.6 is 0 Å². The van der Waals surface area contributed by atoms with E-state index >= 15 is 0 Å². The van der Waals surface area contributed by atoms with Gasteiger partial charge in [0.25, 0.3) is 0 Å². The number of benzene rings is 1. The Morgan fingerprint density at radius 3 is 2.26 bits per heavy atom. The van der Waals surface area contributed by atoms with Crippen LogP contribution in [0.2, 0.25) is 0 Å². The fraction of sp³-hybridized carbons (Fsp3) is 0.588. The molecule has 126 valence electrons. The molecule has 1 N–H and O–H groups in total. The Bertz CT molecular complexity index is 576. The zero-order chi connectivity index (χ0) is 16.7. The first-order valence-corrected chi connectivity index (χ1v) is 7.89. The highest BCUT2D eigenvalue weighted by Gasteiger charge is 2.50. The molecule has 2 aliphatic rings. The van der Waals surface area contributed by atoms with Crippen molar-refractivity contribution in [2.45, 2.75) is 56.4 Å². The van der Waals surface area contributed by atoms with Gasteiger partial charge in [0, 0.05) is 17.8 Å². The Morgan fingerprint density at radius 2 is 1.83 bits per heavy atom. The van der Waals surface area contributed by atoms with E-state index in [2.05, 4.69) is 4.74 Å². The average Bonchev–Trinajstić information content (AvgIpc) is 2.84. The van der Waals surface area contributed by atoms with E-state index in [9.17, 15) is 23.1 Å². The number of hydrogen-bond donors (Lipinski definition) is 1. The highest BCUT2D eigenvalue weighted by molar-refractivity contribution is 5.83. The molecular formula is C17H19F3O3. The smallest absolute Gasteiger partial charge is 0.406 e. The summed E-state index contributed by atoms with van der Waals surface area (Å²) in [6.45, 7) is 0. The summed E-state index contributed by atoms with van der Waals surface area (Å²) in [7, 11) is 0. The largest absolute Gasteiger partial charge is 0.573 e. The van der Waals surface area contributed by atoms with Gasteiger partial charge in [-0.1, -0.05) is 18.6 Å². The van der Waals surface area contributed by atoms with Crippen LogP contribution in [0.15, 0.2) is 24.3 Å². The minimum absolute atomic E-state index is 0.0980. The molecule has 0 bridgehead atoms. The zero-order valence-corrected chi connectivity index (χ0v) is 12.6. The number of alkyl halides is 3. The molecule has 0 spiro atoms. The fourth-order valence-corrected chi connectivity index (χ4v) is 3.86. The highest BCUT2D eigenvalue weighted by atomic mass is 19.4. The van der Waals surface area contributed by atoms with Gasteiger partial charge < -0.3 is 9.84 Å². The summed E-state index contributed by atoms with van der Waals surface area (Å²) in [4.78, 5) is 11.9. The van der Waals surface area contributed by atoms with Crippen molar-refractivity contribution in [2.75, 3.05) is 0 Å². The van der Waals surface area contributed by atoms with Crippen LogP contribution in [0.5, 0.6) is 5.75 Å². The standard InChI is InChI=1S/C17H19F3O3/c18-17(19,20)23-12-7-5-11(6-8-12)16(9-2-10-16)15(22)13-3-1-4-14(13)21/h5-8,13,15,22H,1-4,9-10H2/t13?,15-/m1/s1. The van der Waals surface area contributed by atoms with Crippen LogP contribution in [0.1, 0.15) is 44.1 Å². The van der Waals surface area contributed by atoms with E-state index in [0.717, 1.165) is 31.2 Å². The van der Waals surface area contributed by atoms with E-state index < -0.39 is 17.9 Å². The molecule has 6 heteroatoms. The van der Waals surface area contributed by atoms with Gasteiger partial charge in [-0.2, -0.15) is 0 Å². The first kappa shape index (κ1) is 16.3. The van der Waals surface area contributed by atoms with E-state index in [4.69, 9.17) is 0 Å². The number of ketones is 1. The van der Waals surface area contributed by atoms with Crippen LogP contribution in [0, 0.1) is 5.92 Å². The molecule has 2 saturated carbocycles. The van der Waals surface area contributed by atoms with Gasteiger partial charge in [0.05, 0.1) is 6.10 Å². The summed E-state index contributed by atoms with van der Waals surface area (Å²) in [5.41, 5.74) is 0.270. The van der Waals surface area contributed by atoms with E-state index in [1.54, 1.807) is 12.1 Å². The number of Topliss-reactive ketones (excluding diaryl/α,β-unsaturated/α-hetero) is 1. The summed E-state index contributed by atoms with van der Waals surface area (Å²) in [5.74, 6) is -0.524. The van der Waals surface area contributed by atoms with Crippen LogP contribution < -0.4 is 4.74 Å². The number of aliphatic hydroxyl groups excluding tert-OH is 1. The molecule has 1 aromatic carbocycles. The second-order valence-corrected chi connectivity index (χ2v) is 6.49. The number of hydrogen-bond acceptors (Lipinski definition) is 3. The first-order chi connectivity index (χ1) is 10.8. The maximum Gasteiger partial charge on any atom is 0.573 e. The lowest BCUT2D eigenvalue weighted by Gasteiger charge is -2.47. The van der Waals surface area contributed by atoms with Gasteiger partial charge in [-0.15, -0.1) is 13.2 Å². The normalized spacial score (nSPS) is 25.0.